The number of carboxylic acid groups (broad SMARTS) is 1. The van der Waals surface area contributed by atoms with Crippen molar-refractivity contribution in [2.45, 2.75) is 77.7 Å². The number of carboxylic acids is 1. The molecule has 3 N–H and O–H groups in total. The van der Waals surface area contributed by atoms with E-state index in [2.05, 4.69) is 41.5 Å². The molecule has 10 nitrogen and oxygen atoms in total. The van der Waals surface area contributed by atoms with Gasteiger partial charge >= 0.3 is 5.97 Å². The van der Waals surface area contributed by atoms with E-state index in [1.807, 2.05) is 12.1 Å². The third-order valence-electron chi connectivity index (χ3n) is 8.11. The molecule has 2 heterocycles. The number of benzene rings is 1. The van der Waals surface area contributed by atoms with E-state index < -0.39 is 12.0 Å². The van der Waals surface area contributed by atoms with Crippen LogP contribution in [0.25, 0.3) is 0 Å². The second-order valence-corrected chi connectivity index (χ2v) is 11.2. The Balaban J connectivity index is 1.57. The highest BCUT2D eigenvalue weighted by Crippen LogP contribution is 2.27. The fourth-order valence-corrected chi connectivity index (χ4v) is 5.30. The van der Waals surface area contributed by atoms with Gasteiger partial charge in [-0.15, -0.1) is 0 Å². The van der Waals surface area contributed by atoms with E-state index in [9.17, 15) is 14.7 Å². The summed E-state index contributed by atoms with van der Waals surface area (Å²) in [6.07, 6.45) is 7.45. The maximum Gasteiger partial charge on any atom is 0.326 e. The Labute approximate surface area is 256 Å². The Kier molecular flexibility index (Phi) is 14.4. The molecule has 1 unspecified atom stereocenters. The molecule has 238 valence electrons. The highest BCUT2D eigenvalue weighted by molar-refractivity contribution is 5.83. The third-order valence-corrected chi connectivity index (χ3v) is 8.11. The van der Waals surface area contributed by atoms with Gasteiger partial charge in [-0.25, -0.2) is 9.78 Å². The van der Waals surface area contributed by atoms with Gasteiger partial charge < -0.3 is 30.0 Å². The first-order chi connectivity index (χ1) is 20.8. The van der Waals surface area contributed by atoms with Crippen LogP contribution >= 0.6 is 0 Å². The summed E-state index contributed by atoms with van der Waals surface area (Å²) in [4.78, 5) is 31.6. The van der Waals surface area contributed by atoms with Crippen molar-refractivity contribution in [3.8, 4) is 17.2 Å². The van der Waals surface area contributed by atoms with Crippen LogP contribution in [0.4, 0.5) is 5.82 Å². The number of aliphatic carboxylic acids is 1. The van der Waals surface area contributed by atoms with Gasteiger partial charge in [0.1, 0.15) is 35.7 Å². The minimum atomic E-state index is -1.01. The van der Waals surface area contributed by atoms with Gasteiger partial charge in [-0.05, 0) is 62.6 Å². The van der Waals surface area contributed by atoms with Crippen molar-refractivity contribution in [3.05, 3.63) is 41.6 Å². The molecule has 2 aromatic rings. The van der Waals surface area contributed by atoms with Gasteiger partial charge in [0.15, 0.2) is 0 Å². The summed E-state index contributed by atoms with van der Waals surface area (Å²) >= 11 is 0. The van der Waals surface area contributed by atoms with Crippen LogP contribution in [0.5, 0.6) is 17.2 Å². The molecule has 0 bridgehead atoms. The Bertz CT molecular complexity index is 1130. The smallest absolute Gasteiger partial charge is 0.326 e. The van der Waals surface area contributed by atoms with Crippen molar-refractivity contribution < 1.29 is 28.9 Å². The van der Waals surface area contributed by atoms with Crippen LogP contribution in [0.3, 0.4) is 0 Å². The lowest BCUT2D eigenvalue weighted by atomic mass is 9.99. The second-order valence-electron chi connectivity index (χ2n) is 11.2. The summed E-state index contributed by atoms with van der Waals surface area (Å²) in [5.74, 6) is 2.00. The van der Waals surface area contributed by atoms with E-state index in [0.717, 1.165) is 69.5 Å². The van der Waals surface area contributed by atoms with Crippen LogP contribution in [-0.4, -0.2) is 79.9 Å². The first-order valence-corrected chi connectivity index (χ1v) is 15.7. The first kappa shape index (κ1) is 34.0. The fraction of sp³-hybridized carbons (Fsp3) is 0.606. The van der Waals surface area contributed by atoms with Crippen molar-refractivity contribution >= 4 is 17.7 Å². The van der Waals surface area contributed by atoms with Gasteiger partial charge in [0.25, 0.3) is 0 Å². The van der Waals surface area contributed by atoms with Crippen molar-refractivity contribution in [1.29, 1.82) is 0 Å². The molecule has 1 amide bonds. The zero-order valence-electron chi connectivity index (χ0n) is 26.3. The summed E-state index contributed by atoms with van der Waals surface area (Å²) in [5.41, 5.74) is 2.37. The molecule has 1 atom stereocenters. The van der Waals surface area contributed by atoms with Crippen molar-refractivity contribution in [3.63, 3.8) is 0 Å². The number of hydrogen-bond donors (Lipinski definition) is 3. The number of amides is 1. The van der Waals surface area contributed by atoms with Crippen LogP contribution in [0, 0.1) is 5.92 Å². The van der Waals surface area contributed by atoms with Crippen LogP contribution in [0.2, 0.25) is 0 Å². The Morgan fingerprint density at radius 3 is 2.42 bits per heavy atom. The number of methoxy groups -OCH3 is 2. The van der Waals surface area contributed by atoms with Crippen LogP contribution in [0.1, 0.15) is 70.1 Å². The quantitative estimate of drug-likeness (QED) is 0.182. The molecular formula is C33H50N4O6. The molecule has 10 heteroatoms. The fourth-order valence-electron chi connectivity index (χ4n) is 5.30. The standard InChI is InChI=1S/C33H50N4O6/c1-5-24(6-2)20-31(38)36-30(33(39)40)14-17-37(18-19-43-29-22-27(41-3)21-28(23-29)42-4)16-8-7-11-26-13-12-25-10-9-15-34-32(25)35-26/h12-13,21-24,30H,5-11,14-20H2,1-4H3,(H,34,35)(H,36,38)(H,39,40). The summed E-state index contributed by atoms with van der Waals surface area (Å²) in [6, 6.07) is 8.79. The normalized spacial score (nSPS) is 13.3. The van der Waals surface area contributed by atoms with E-state index in [1.54, 1.807) is 20.3 Å². The van der Waals surface area contributed by atoms with E-state index in [-0.39, 0.29) is 11.8 Å². The van der Waals surface area contributed by atoms with Gasteiger partial charge in [0, 0.05) is 49.9 Å². The largest absolute Gasteiger partial charge is 0.496 e. The van der Waals surface area contributed by atoms with Gasteiger partial charge in [0.2, 0.25) is 5.91 Å². The van der Waals surface area contributed by atoms with Gasteiger partial charge in [-0.3, -0.25) is 9.69 Å². The number of carbonyl (C=O) groups is 2. The molecule has 1 aliphatic rings. The highest BCUT2D eigenvalue weighted by Gasteiger charge is 2.22. The summed E-state index contributed by atoms with van der Waals surface area (Å²) in [7, 11) is 3.19. The lowest BCUT2D eigenvalue weighted by Crippen LogP contribution is -2.44. The first-order valence-electron chi connectivity index (χ1n) is 15.7. The number of ether oxygens (including phenoxy) is 3. The van der Waals surface area contributed by atoms with E-state index in [1.165, 1.54) is 5.56 Å². The van der Waals surface area contributed by atoms with Gasteiger partial charge in [-0.2, -0.15) is 0 Å². The Hall–Kier alpha value is -3.53. The molecule has 3 rings (SSSR count). The van der Waals surface area contributed by atoms with Crippen molar-refractivity contribution in [1.82, 2.24) is 15.2 Å². The average molecular weight is 599 g/mol. The topological polar surface area (TPSA) is 122 Å². The number of hydrogen-bond acceptors (Lipinski definition) is 8. The van der Waals surface area contributed by atoms with E-state index >= 15 is 0 Å². The molecule has 1 aromatic heterocycles. The van der Waals surface area contributed by atoms with Gasteiger partial charge in [0.05, 0.1) is 14.2 Å². The number of rotatable bonds is 20. The van der Waals surface area contributed by atoms with Crippen LogP contribution in [-0.2, 0) is 22.4 Å². The van der Waals surface area contributed by atoms with Gasteiger partial charge in [-0.1, -0.05) is 32.8 Å². The SMILES string of the molecule is CCC(CC)CC(=O)NC(CCN(CCCCc1ccc2c(n1)NCCC2)CCOc1cc(OC)cc(OC)c1)C(=O)O. The monoisotopic (exact) mass is 598 g/mol. The number of unbranched alkanes of at least 4 members (excludes halogenated alkanes) is 1. The molecule has 1 aromatic carbocycles. The highest BCUT2D eigenvalue weighted by atomic mass is 16.5. The minimum Gasteiger partial charge on any atom is -0.496 e. The zero-order chi connectivity index (χ0) is 31.0. The molecule has 0 aliphatic carbocycles. The lowest BCUT2D eigenvalue weighted by Gasteiger charge is -2.25. The molecule has 0 radical (unpaired) electrons. The van der Waals surface area contributed by atoms with Crippen molar-refractivity contribution in [2.24, 2.45) is 5.92 Å². The number of fused-ring (bicyclic) bond motifs is 1. The maximum absolute atomic E-state index is 12.6. The number of anilines is 1. The number of nitrogens with zero attached hydrogens (tertiary/aromatic N) is 2. The third kappa shape index (κ3) is 11.6. The zero-order valence-corrected chi connectivity index (χ0v) is 26.3. The summed E-state index contributed by atoms with van der Waals surface area (Å²) in [6.45, 7) is 7.39. The number of pyridine rings is 1. The number of nitrogens with one attached hydrogen (secondary N) is 2. The molecule has 1 aliphatic heterocycles. The number of aromatic nitrogens is 1. The Morgan fingerprint density at radius 2 is 1.74 bits per heavy atom. The summed E-state index contributed by atoms with van der Waals surface area (Å²) in [5, 5.41) is 16.0. The number of carbonyl (C=O) groups excluding carboxylic acids is 1. The lowest BCUT2D eigenvalue weighted by molar-refractivity contribution is -0.142. The Morgan fingerprint density at radius 1 is 1.02 bits per heavy atom. The van der Waals surface area contributed by atoms with E-state index in [0.29, 0.717) is 49.8 Å². The van der Waals surface area contributed by atoms with Crippen LogP contribution in [0.15, 0.2) is 30.3 Å². The van der Waals surface area contributed by atoms with Crippen LogP contribution < -0.4 is 24.8 Å². The minimum absolute atomic E-state index is 0.199. The molecule has 0 saturated heterocycles. The number of aryl methyl sites for hydroxylation is 2. The second kappa shape index (κ2) is 18.2. The van der Waals surface area contributed by atoms with Crippen molar-refractivity contribution in [2.75, 3.05) is 52.3 Å². The molecule has 43 heavy (non-hydrogen) atoms. The predicted octanol–water partition coefficient (Wildman–Crippen LogP) is 4.95. The molecular weight excluding hydrogens is 548 g/mol. The maximum atomic E-state index is 12.6. The molecule has 0 fully saturated rings. The summed E-state index contributed by atoms with van der Waals surface area (Å²) < 4.78 is 16.7. The van der Waals surface area contributed by atoms with E-state index in [4.69, 9.17) is 19.2 Å². The molecule has 0 saturated carbocycles. The average Bonchev–Trinajstić information content (AvgIpc) is 3.02. The predicted molar refractivity (Wildman–Crippen MR) is 168 cm³/mol. The molecule has 0 spiro atoms.